The third kappa shape index (κ3) is 4.13. The van der Waals surface area contributed by atoms with E-state index in [9.17, 15) is 4.79 Å². The molecule has 0 bridgehead atoms. The molecule has 1 aromatic heterocycles. The van der Waals surface area contributed by atoms with Crippen LogP contribution in [0.3, 0.4) is 0 Å². The number of amides is 1. The average Bonchev–Trinajstić information content (AvgIpc) is 3.17. The summed E-state index contributed by atoms with van der Waals surface area (Å²) < 4.78 is 5.25. The number of amidine groups is 1. The Morgan fingerprint density at radius 1 is 1.00 bits per heavy atom. The van der Waals surface area contributed by atoms with E-state index in [2.05, 4.69) is 10.3 Å². The first-order valence-electron chi connectivity index (χ1n) is 10.1. The molecule has 5 rings (SSSR count). The number of carbonyl (C=O) groups is 1. The number of benzene rings is 3. The fraction of sp³-hybridized carbons (Fsp3) is 0.0385. The van der Waals surface area contributed by atoms with Gasteiger partial charge in [-0.2, -0.15) is 0 Å². The van der Waals surface area contributed by atoms with E-state index in [1.807, 2.05) is 84.9 Å². The number of aromatic nitrogens is 1. The highest BCUT2D eigenvalue weighted by atomic mass is 32.2. The molecule has 1 amide bonds. The van der Waals surface area contributed by atoms with Gasteiger partial charge in [0.15, 0.2) is 5.17 Å². The number of hydrogen-bond donors (Lipinski definition) is 1. The summed E-state index contributed by atoms with van der Waals surface area (Å²) in [5, 5.41) is 4.47. The summed E-state index contributed by atoms with van der Waals surface area (Å²) in [6.07, 6.45) is 3.65. The summed E-state index contributed by atoms with van der Waals surface area (Å²) in [5.41, 5.74) is 4.68. The number of para-hydroxylation sites is 1. The Bertz CT molecular complexity index is 1380. The van der Waals surface area contributed by atoms with Crippen LogP contribution in [0.5, 0.6) is 5.75 Å². The second kappa shape index (κ2) is 8.69. The van der Waals surface area contributed by atoms with Crippen LogP contribution in [0.15, 0.2) is 95.0 Å². The number of aliphatic imine (C=N–C) groups is 1. The zero-order valence-electron chi connectivity index (χ0n) is 17.3. The lowest BCUT2D eigenvalue weighted by atomic mass is 10.0. The molecule has 0 unspecified atom stereocenters. The summed E-state index contributed by atoms with van der Waals surface area (Å²) in [4.78, 5) is 22.2. The maximum absolute atomic E-state index is 12.6. The first kappa shape index (κ1) is 20.0. The lowest BCUT2D eigenvalue weighted by molar-refractivity contribution is -0.115. The largest absolute Gasteiger partial charge is 0.497 e. The van der Waals surface area contributed by atoms with Crippen molar-refractivity contribution in [3.05, 3.63) is 95.5 Å². The molecule has 0 radical (unpaired) electrons. The molecule has 6 heteroatoms. The quantitative estimate of drug-likeness (QED) is 0.410. The molecule has 3 aromatic carbocycles. The minimum atomic E-state index is -0.151. The second-order valence-corrected chi connectivity index (χ2v) is 8.21. The summed E-state index contributed by atoms with van der Waals surface area (Å²) in [6.45, 7) is 0. The zero-order chi connectivity index (χ0) is 21.9. The number of nitrogens with one attached hydrogen (secondary N) is 1. The van der Waals surface area contributed by atoms with Gasteiger partial charge in [0.05, 0.1) is 23.2 Å². The van der Waals surface area contributed by atoms with Gasteiger partial charge in [0, 0.05) is 17.1 Å². The SMILES string of the molecule is COc1ccc(-c2ccccc2N=C2NC(=O)/C(=C/c3ccc4ncccc4c3)S2)cc1. The fourth-order valence-electron chi connectivity index (χ4n) is 3.51. The van der Waals surface area contributed by atoms with E-state index < -0.39 is 0 Å². The molecule has 1 aliphatic rings. The molecule has 1 N–H and O–H groups in total. The van der Waals surface area contributed by atoms with E-state index in [1.54, 1.807) is 13.3 Å². The van der Waals surface area contributed by atoms with Gasteiger partial charge in [-0.3, -0.25) is 9.78 Å². The van der Waals surface area contributed by atoms with E-state index in [0.717, 1.165) is 39.0 Å². The highest BCUT2D eigenvalue weighted by Gasteiger charge is 2.24. The summed E-state index contributed by atoms with van der Waals surface area (Å²) in [7, 11) is 1.65. The van der Waals surface area contributed by atoms with Crippen molar-refractivity contribution in [2.75, 3.05) is 7.11 Å². The standard InChI is InChI=1S/C26H19N3O2S/c1-31-20-11-9-18(10-12-20)21-6-2-3-7-23(21)28-26-29-25(30)24(32-26)16-17-8-13-22-19(15-17)5-4-14-27-22/h2-16H,1H3,(H,28,29,30)/b24-16-. The van der Waals surface area contributed by atoms with Gasteiger partial charge < -0.3 is 10.1 Å². The maximum Gasteiger partial charge on any atom is 0.264 e. The minimum absolute atomic E-state index is 0.151. The summed E-state index contributed by atoms with van der Waals surface area (Å²) in [5.74, 6) is 0.650. The van der Waals surface area contributed by atoms with Crippen molar-refractivity contribution in [3.8, 4) is 16.9 Å². The normalized spacial score (nSPS) is 16.0. The maximum atomic E-state index is 12.6. The van der Waals surface area contributed by atoms with Crippen LogP contribution in [-0.2, 0) is 4.79 Å². The molecule has 32 heavy (non-hydrogen) atoms. The number of hydrogen-bond acceptors (Lipinski definition) is 5. The summed E-state index contributed by atoms with van der Waals surface area (Å²) in [6, 6.07) is 25.6. The Morgan fingerprint density at radius 2 is 1.84 bits per heavy atom. The highest BCUT2D eigenvalue weighted by Crippen LogP contribution is 2.34. The number of ether oxygens (including phenoxy) is 1. The van der Waals surface area contributed by atoms with E-state index in [-0.39, 0.29) is 5.91 Å². The number of carbonyl (C=O) groups excluding carboxylic acids is 1. The smallest absolute Gasteiger partial charge is 0.264 e. The van der Waals surface area contributed by atoms with Crippen molar-refractivity contribution >= 4 is 45.5 Å². The van der Waals surface area contributed by atoms with Crippen LogP contribution in [0.4, 0.5) is 5.69 Å². The molecule has 1 saturated heterocycles. The lowest BCUT2D eigenvalue weighted by Gasteiger charge is -2.07. The van der Waals surface area contributed by atoms with Crippen molar-refractivity contribution in [3.63, 3.8) is 0 Å². The Morgan fingerprint density at radius 3 is 2.69 bits per heavy atom. The van der Waals surface area contributed by atoms with Gasteiger partial charge in [-0.1, -0.05) is 42.5 Å². The molecule has 0 aliphatic carbocycles. The van der Waals surface area contributed by atoms with Gasteiger partial charge in [0.25, 0.3) is 5.91 Å². The van der Waals surface area contributed by atoms with Crippen molar-refractivity contribution in [1.82, 2.24) is 10.3 Å². The van der Waals surface area contributed by atoms with Crippen LogP contribution in [0.25, 0.3) is 28.1 Å². The van der Waals surface area contributed by atoms with Crippen LogP contribution >= 0.6 is 11.8 Å². The van der Waals surface area contributed by atoms with Gasteiger partial charge in [0.1, 0.15) is 5.75 Å². The van der Waals surface area contributed by atoms with Gasteiger partial charge in [-0.15, -0.1) is 0 Å². The molecular formula is C26H19N3O2S. The number of fused-ring (bicyclic) bond motifs is 1. The number of nitrogens with zero attached hydrogens (tertiary/aromatic N) is 2. The van der Waals surface area contributed by atoms with Crippen LogP contribution in [0.1, 0.15) is 5.56 Å². The van der Waals surface area contributed by atoms with Gasteiger partial charge in [-0.25, -0.2) is 4.99 Å². The third-order valence-electron chi connectivity index (χ3n) is 5.10. The zero-order valence-corrected chi connectivity index (χ0v) is 18.1. The molecular weight excluding hydrogens is 418 g/mol. The number of thioether (sulfide) groups is 1. The third-order valence-corrected chi connectivity index (χ3v) is 6.01. The summed E-state index contributed by atoms with van der Waals surface area (Å²) >= 11 is 1.34. The van der Waals surface area contributed by atoms with Crippen molar-refractivity contribution in [1.29, 1.82) is 0 Å². The Kier molecular flexibility index (Phi) is 5.44. The molecule has 0 saturated carbocycles. The lowest BCUT2D eigenvalue weighted by Crippen LogP contribution is -2.19. The van der Waals surface area contributed by atoms with Crippen LogP contribution in [0, 0.1) is 0 Å². The van der Waals surface area contributed by atoms with Crippen molar-refractivity contribution < 1.29 is 9.53 Å². The monoisotopic (exact) mass is 437 g/mol. The van der Waals surface area contributed by atoms with E-state index in [0.29, 0.717) is 10.1 Å². The molecule has 2 heterocycles. The second-order valence-electron chi connectivity index (χ2n) is 7.18. The number of pyridine rings is 1. The van der Waals surface area contributed by atoms with Crippen LogP contribution in [0.2, 0.25) is 0 Å². The van der Waals surface area contributed by atoms with Gasteiger partial charge >= 0.3 is 0 Å². The van der Waals surface area contributed by atoms with Gasteiger partial charge in [0.2, 0.25) is 0 Å². The first-order valence-corrected chi connectivity index (χ1v) is 10.9. The van der Waals surface area contributed by atoms with Crippen LogP contribution < -0.4 is 10.1 Å². The van der Waals surface area contributed by atoms with E-state index in [4.69, 9.17) is 9.73 Å². The molecule has 4 aromatic rings. The molecule has 0 spiro atoms. The molecule has 0 atom stereocenters. The molecule has 1 fully saturated rings. The number of methoxy groups -OCH3 is 1. The van der Waals surface area contributed by atoms with Gasteiger partial charge in [-0.05, 0) is 65.4 Å². The fourth-order valence-corrected chi connectivity index (χ4v) is 4.35. The number of rotatable bonds is 4. The van der Waals surface area contributed by atoms with E-state index in [1.165, 1.54) is 11.8 Å². The van der Waals surface area contributed by atoms with Crippen molar-refractivity contribution in [2.24, 2.45) is 4.99 Å². The molecule has 5 nitrogen and oxygen atoms in total. The van der Waals surface area contributed by atoms with Crippen LogP contribution in [-0.4, -0.2) is 23.2 Å². The first-order chi connectivity index (χ1) is 15.7. The Balaban J connectivity index is 1.43. The van der Waals surface area contributed by atoms with Crippen molar-refractivity contribution in [2.45, 2.75) is 0 Å². The van der Waals surface area contributed by atoms with E-state index >= 15 is 0 Å². The Labute approximate surface area is 189 Å². The topological polar surface area (TPSA) is 63.6 Å². The molecule has 156 valence electrons. The average molecular weight is 438 g/mol. The molecule has 1 aliphatic heterocycles. The predicted octanol–water partition coefficient (Wildman–Crippen LogP) is 5.80. The highest BCUT2D eigenvalue weighted by molar-refractivity contribution is 8.18. The minimum Gasteiger partial charge on any atom is -0.497 e. The Hall–Kier alpha value is -3.90. The predicted molar refractivity (Wildman–Crippen MR) is 131 cm³/mol.